The van der Waals surface area contributed by atoms with Crippen molar-refractivity contribution in [3.05, 3.63) is 11.6 Å². The lowest BCUT2D eigenvalue weighted by atomic mass is 10.0. The van der Waals surface area contributed by atoms with Crippen LogP contribution in [0.2, 0.25) is 0 Å². The van der Waals surface area contributed by atoms with Crippen molar-refractivity contribution >= 4 is 5.78 Å². The maximum Gasteiger partial charge on any atom is 0.136 e. The van der Waals surface area contributed by atoms with Crippen molar-refractivity contribution in [2.45, 2.75) is 73.1 Å². The molecule has 0 radical (unpaired) electrons. The van der Waals surface area contributed by atoms with Crippen LogP contribution in [0.3, 0.4) is 0 Å². The zero-order valence-electron chi connectivity index (χ0n) is 12.4. The molecule has 17 heavy (non-hydrogen) atoms. The Labute approximate surface area is 108 Å². The molecule has 100 valence electrons. The molecule has 0 aromatic heterocycles. The van der Waals surface area contributed by atoms with Crippen LogP contribution < -0.4 is 0 Å². The lowest BCUT2D eigenvalue weighted by molar-refractivity contribution is -0.118. The topological polar surface area (TPSA) is 17.1 Å². The van der Waals surface area contributed by atoms with Gasteiger partial charge in [-0.3, -0.25) is 4.79 Å². The molecule has 0 aliphatic rings. The van der Waals surface area contributed by atoms with Gasteiger partial charge in [0.25, 0.3) is 0 Å². The summed E-state index contributed by atoms with van der Waals surface area (Å²) in [4.78, 5) is 11.7. The summed E-state index contributed by atoms with van der Waals surface area (Å²) in [6, 6.07) is 0. The minimum absolute atomic E-state index is 0.406. The SMILES string of the molecule is CC(=CCCC(C)C)CC(=O)CCCC(C)C. The molecule has 0 heterocycles. The summed E-state index contributed by atoms with van der Waals surface area (Å²) in [6.45, 7) is 11.0. The van der Waals surface area contributed by atoms with Gasteiger partial charge in [-0.2, -0.15) is 0 Å². The minimum Gasteiger partial charge on any atom is -0.299 e. The third-order valence-electron chi connectivity index (χ3n) is 2.95. The number of rotatable bonds is 9. The summed E-state index contributed by atoms with van der Waals surface area (Å²) in [6.07, 6.45) is 8.21. The van der Waals surface area contributed by atoms with Crippen LogP contribution in [-0.4, -0.2) is 5.78 Å². The Morgan fingerprint density at radius 3 is 2.18 bits per heavy atom. The summed E-state index contributed by atoms with van der Waals surface area (Å²) in [7, 11) is 0. The van der Waals surface area contributed by atoms with Gasteiger partial charge in [-0.1, -0.05) is 45.8 Å². The molecule has 0 bridgehead atoms. The van der Waals surface area contributed by atoms with E-state index in [1.807, 2.05) is 0 Å². The zero-order valence-corrected chi connectivity index (χ0v) is 12.4. The number of hydrogen-bond acceptors (Lipinski definition) is 1. The summed E-state index contributed by atoms with van der Waals surface area (Å²) >= 11 is 0. The number of carbonyl (C=O) groups is 1. The lowest BCUT2D eigenvalue weighted by Crippen LogP contribution is -2.00. The first kappa shape index (κ1) is 16.4. The lowest BCUT2D eigenvalue weighted by Gasteiger charge is -2.05. The Morgan fingerprint density at radius 1 is 1.06 bits per heavy atom. The molecular formula is C16H30O. The first-order valence-electron chi connectivity index (χ1n) is 7.09. The van der Waals surface area contributed by atoms with Gasteiger partial charge >= 0.3 is 0 Å². The molecule has 0 N–H and O–H groups in total. The Morgan fingerprint density at radius 2 is 1.65 bits per heavy atom. The van der Waals surface area contributed by atoms with Crippen LogP contribution in [0, 0.1) is 11.8 Å². The monoisotopic (exact) mass is 238 g/mol. The Balaban J connectivity index is 3.71. The molecule has 0 unspecified atom stereocenters. The van der Waals surface area contributed by atoms with Crippen LogP contribution in [0.25, 0.3) is 0 Å². The van der Waals surface area contributed by atoms with Crippen molar-refractivity contribution in [2.75, 3.05) is 0 Å². The molecule has 0 aliphatic heterocycles. The van der Waals surface area contributed by atoms with Gasteiger partial charge in [0.05, 0.1) is 0 Å². The van der Waals surface area contributed by atoms with Gasteiger partial charge < -0.3 is 0 Å². The fraction of sp³-hybridized carbons (Fsp3) is 0.812. The molecule has 1 nitrogen and oxygen atoms in total. The highest BCUT2D eigenvalue weighted by Gasteiger charge is 2.04. The van der Waals surface area contributed by atoms with Gasteiger partial charge in [-0.05, 0) is 38.0 Å². The third kappa shape index (κ3) is 11.7. The zero-order chi connectivity index (χ0) is 13.3. The molecule has 0 amide bonds. The summed E-state index contributed by atoms with van der Waals surface area (Å²) in [5, 5.41) is 0. The molecule has 0 saturated carbocycles. The van der Waals surface area contributed by atoms with Crippen LogP contribution in [0.15, 0.2) is 11.6 Å². The number of carbonyl (C=O) groups excluding carboxylic acids is 1. The Bertz CT molecular complexity index is 236. The number of allylic oxidation sites excluding steroid dienone is 2. The second-order valence-corrected chi connectivity index (χ2v) is 6.02. The fourth-order valence-electron chi connectivity index (χ4n) is 1.84. The van der Waals surface area contributed by atoms with E-state index in [1.165, 1.54) is 18.4 Å². The van der Waals surface area contributed by atoms with Gasteiger partial charge in [0, 0.05) is 12.8 Å². The Kier molecular flexibility index (Phi) is 9.11. The molecule has 0 saturated heterocycles. The molecular weight excluding hydrogens is 208 g/mol. The minimum atomic E-state index is 0.406. The largest absolute Gasteiger partial charge is 0.299 e. The highest BCUT2D eigenvalue weighted by Crippen LogP contribution is 2.12. The Hall–Kier alpha value is -0.590. The second kappa shape index (κ2) is 9.44. The predicted octanol–water partition coefficient (Wildman–Crippen LogP) is 5.15. The molecule has 0 aliphatic carbocycles. The van der Waals surface area contributed by atoms with Gasteiger partial charge in [0.2, 0.25) is 0 Å². The van der Waals surface area contributed by atoms with E-state index in [4.69, 9.17) is 0 Å². The highest BCUT2D eigenvalue weighted by molar-refractivity contribution is 5.80. The first-order chi connectivity index (χ1) is 7.91. The maximum atomic E-state index is 11.7. The average Bonchev–Trinajstić information content (AvgIpc) is 2.15. The quantitative estimate of drug-likeness (QED) is 0.507. The van der Waals surface area contributed by atoms with Crippen LogP contribution in [0.4, 0.5) is 0 Å². The molecule has 0 spiro atoms. The summed E-state index contributed by atoms with van der Waals surface area (Å²) < 4.78 is 0. The van der Waals surface area contributed by atoms with Crippen molar-refractivity contribution in [1.82, 2.24) is 0 Å². The van der Waals surface area contributed by atoms with Crippen LogP contribution >= 0.6 is 0 Å². The molecule has 0 fully saturated rings. The maximum absolute atomic E-state index is 11.7. The van der Waals surface area contributed by atoms with E-state index < -0.39 is 0 Å². The van der Waals surface area contributed by atoms with E-state index in [1.54, 1.807) is 0 Å². The fourth-order valence-corrected chi connectivity index (χ4v) is 1.84. The number of ketones is 1. The van der Waals surface area contributed by atoms with Crippen molar-refractivity contribution in [3.63, 3.8) is 0 Å². The van der Waals surface area contributed by atoms with E-state index >= 15 is 0 Å². The summed E-state index contributed by atoms with van der Waals surface area (Å²) in [5.41, 5.74) is 1.25. The second-order valence-electron chi connectivity index (χ2n) is 6.02. The van der Waals surface area contributed by atoms with Crippen LogP contribution in [-0.2, 0) is 4.79 Å². The normalized spacial score (nSPS) is 12.5. The molecule has 0 aromatic carbocycles. The van der Waals surface area contributed by atoms with E-state index in [0.717, 1.165) is 25.2 Å². The van der Waals surface area contributed by atoms with Gasteiger partial charge in [0.1, 0.15) is 5.78 Å². The molecule has 0 rings (SSSR count). The molecule has 1 heteroatoms. The van der Waals surface area contributed by atoms with E-state index in [2.05, 4.69) is 40.7 Å². The summed E-state index contributed by atoms with van der Waals surface area (Å²) in [5.74, 6) is 1.87. The first-order valence-corrected chi connectivity index (χ1v) is 7.09. The average molecular weight is 238 g/mol. The highest BCUT2D eigenvalue weighted by atomic mass is 16.1. The van der Waals surface area contributed by atoms with Gasteiger partial charge in [-0.15, -0.1) is 0 Å². The van der Waals surface area contributed by atoms with Crippen molar-refractivity contribution in [2.24, 2.45) is 11.8 Å². The van der Waals surface area contributed by atoms with E-state index in [9.17, 15) is 4.79 Å². The van der Waals surface area contributed by atoms with Gasteiger partial charge in [-0.25, -0.2) is 0 Å². The standard InChI is InChI=1S/C16H30O/c1-13(2)8-6-10-15(5)12-16(17)11-7-9-14(3)4/h10,13-14H,6-9,11-12H2,1-5H3. The number of hydrogen-bond donors (Lipinski definition) is 0. The predicted molar refractivity (Wildman–Crippen MR) is 76.1 cm³/mol. The van der Waals surface area contributed by atoms with Gasteiger partial charge in [0.15, 0.2) is 0 Å². The van der Waals surface area contributed by atoms with Crippen LogP contribution in [0.1, 0.15) is 73.1 Å². The molecule has 0 aromatic rings. The van der Waals surface area contributed by atoms with E-state index in [0.29, 0.717) is 18.1 Å². The molecule has 0 atom stereocenters. The van der Waals surface area contributed by atoms with Crippen LogP contribution in [0.5, 0.6) is 0 Å². The van der Waals surface area contributed by atoms with Crippen molar-refractivity contribution in [1.29, 1.82) is 0 Å². The van der Waals surface area contributed by atoms with Crippen molar-refractivity contribution < 1.29 is 4.79 Å². The van der Waals surface area contributed by atoms with E-state index in [-0.39, 0.29) is 0 Å². The third-order valence-corrected chi connectivity index (χ3v) is 2.95. The number of Topliss-reactive ketones (excluding diaryl/α,β-unsaturated/α-hetero) is 1. The van der Waals surface area contributed by atoms with Crippen molar-refractivity contribution in [3.8, 4) is 0 Å². The smallest absolute Gasteiger partial charge is 0.136 e.